The molecule has 2 aromatic heterocycles. The molecule has 0 fully saturated rings. The van der Waals surface area contributed by atoms with Gasteiger partial charge in [-0.15, -0.1) is 5.10 Å². The molecule has 6 heteroatoms. The Morgan fingerprint density at radius 3 is 2.84 bits per heavy atom. The minimum Gasteiger partial charge on any atom is -0.381 e. The van der Waals surface area contributed by atoms with Gasteiger partial charge in [0.2, 0.25) is 0 Å². The smallest absolute Gasteiger partial charge is 0.169 e. The Kier molecular flexibility index (Phi) is 4.19. The van der Waals surface area contributed by atoms with E-state index in [2.05, 4.69) is 36.2 Å². The summed E-state index contributed by atoms with van der Waals surface area (Å²) in [6.07, 6.45) is 5.01. The van der Waals surface area contributed by atoms with Crippen molar-refractivity contribution in [2.75, 3.05) is 5.73 Å². The SMILES string of the molecule is CCCc1c(N)nnn1Cc1ccn(C(C)CC)n1. The second kappa shape index (κ2) is 5.86. The first-order valence-corrected chi connectivity index (χ1v) is 6.87. The zero-order chi connectivity index (χ0) is 13.8. The number of aromatic nitrogens is 5. The van der Waals surface area contributed by atoms with Gasteiger partial charge in [0.15, 0.2) is 5.82 Å². The standard InChI is InChI=1S/C13H22N6/c1-4-6-12-13(14)15-17-19(12)9-11-7-8-18(16-11)10(3)5-2/h7-8,10H,4-6,9,14H2,1-3H3. The molecule has 0 bridgehead atoms. The van der Waals surface area contributed by atoms with Crippen molar-refractivity contribution in [3.8, 4) is 0 Å². The first-order chi connectivity index (χ1) is 9.15. The van der Waals surface area contributed by atoms with Crippen molar-refractivity contribution in [3.05, 3.63) is 23.7 Å². The van der Waals surface area contributed by atoms with E-state index in [1.807, 2.05) is 21.6 Å². The summed E-state index contributed by atoms with van der Waals surface area (Å²) in [6.45, 7) is 7.06. The lowest BCUT2D eigenvalue weighted by molar-refractivity contribution is 0.469. The summed E-state index contributed by atoms with van der Waals surface area (Å²) >= 11 is 0. The zero-order valence-corrected chi connectivity index (χ0v) is 11.9. The summed E-state index contributed by atoms with van der Waals surface area (Å²) in [5, 5.41) is 12.6. The van der Waals surface area contributed by atoms with Gasteiger partial charge in [-0.25, -0.2) is 4.68 Å². The number of rotatable bonds is 6. The quantitative estimate of drug-likeness (QED) is 0.864. The van der Waals surface area contributed by atoms with Crippen LogP contribution in [-0.4, -0.2) is 24.8 Å². The van der Waals surface area contributed by atoms with E-state index < -0.39 is 0 Å². The molecule has 104 valence electrons. The molecule has 0 saturated heterocycles. The molecule has 1 unspecified atom stereocenters. The predicted octanol–water partition coefficient (Wildman–Crippen LogP) is 2.03. The maximum atomic E-state index is 5.84. The highest BCUT2D eigenvalue weighted by Gasteiger charge is 2.11. The molecule has 19 heavy (non-hydrogen) atoms. The van der Waals surface area contributed by atoms with Crippen molar-refractivity contribution >= 4 is 5.82 Å². The third kappa shape index (κ3) is 2.94. The van der Waals surface area contributed by atoms with Crippen LogP contribution in [0, 0.1) is 0 Å². The lowest BCUT2D eigenvalue weighted by atomic mass is 10.2. The van der Waals surface area contributed by atoms with Crippen LogP contribution in [0.15, 0.2) is 12.3 Å². The van der Waals surface area contributed by atoms with Crippen LogP contribution in [0.3, 0.4) is 0 Å². The molecule has 0 aliphatic carbocycles. The van der Waals surface area contributed by atoms with E-state index in [4.69, 9.17) is 5.73 Å². The van der Waals surface area contributed by atoms with Crippen molar-refractivity contribution in [3.63, 3.8) is 0 Å². The van der Waals surface area contributed by atoms with Gasteiger partial charge in [-0.1, -0.05) is 25.5 Å². The second-order valence-corrected chi connectivity index (χ2v) is 4.87. The summed E-state index contributed by atoms with van der Waals surface area (Å²) in [5.41, 5.74) is 7.83. The summed E-state index contributed by atoms with van der Waals surface area (Å²) in [7, 11) is 0. The Balaban J connectivity index is 2.15. The van der Waals surface area contributed by atoms with Gasteiger partial charge in [-0.3, -0.25) is 4.68 Å². The highest BCUT2D eigenvalue weighted by atomic mass is 15.4. The van der Waals surface area contributed by atoms with Crippen molar-refractivity contribution in [2.45, 2.75) is 52.6 Å². The number of nitrogens with two attached hydrogens (primary N) is 1. The molecule has 0 aliphatic heterocycles. The van der Waals surface area contributed by atoms with Crippen LogP contribution in [-0.2, 0) is 13.0 Å². The minimum atomic E-state index is 0.421. The molecule has 1 atom stereocenters. The van der Waals surface area contributed by atoms with Crippen LogP contribution in [0.2, 0.25) is 0 Å². The van der Waals surface area contributed by atoms with E-state index >= 15 is 0 Å². The molecule has 2 N–H and O–H groups in total. The van der Waals surface area contributed by atoms with Crippen molar-refractivity contribution in [2.24, 2.45) is 0 Å². The average molecular weight is 262 g/mol. The summed E-state index contributed by atoms with van der Waals surface area (Å²) in [4.78, 5) is 0. The van der Waals surface area contributed by atoms with Gasteiger partial charge in [0.1, 0.15) is 0 Å². The van der Waals surface area contributed by atoms with Crippen LogP contribution in [0.4, 0.5) is 5.82 Å². The van der Waals surface area contributed by atoms with Gasteiger partial charge >= 0.3 is 0 Å². The Morgan fingerprint density at radius 1 is 1.37 bits per heavy atom. The number of nitrogens with zero attached hydrogens (tertiary/aromatic N) is 5. The molecule has 0 aliphatic rings. The number of nitrogen functional groups attached to an aromatic ring is 1. The van der Waals surface area contributed by atoms with Crippen LogP contribution in [0.5, 0.6) is 0 Å². The molecular formula is C13H22N6. The van der Waals surface area contributed by atoms with Crippen molar-refractivity contribution in [1.82, 2.24) is 24.8 Å². The van der Waals surface area contributed by atoms with Gasteiger partial charge in [0.05, 0.1) is 17.9 Å². The minimum absolute atomic E-state index is 0.421. The molecule has 2 heterocycles. The molecule has 0 spiro atoms. The van der Waals surface area contributed by atoms with Gasteiger partial charge in [-0.2, -0.15) is 5.10 Å². The first kappa shape index (κ1) is 13.6. The Morgan fingerprint density at radius 2 is 2.16 bits per heavy atom. The fourth-order valence-corrected chi connectivity index (χ4v) is 2.01. The van der Waals surface area contributed by atoms with E-state index in [0.29, 0.717) is 18.4 Å². The first-order valence-electron chi connectivity index (χ1n) is 6.87. The normalized spacial score (nSPS) is 12.8. The zero-order valence-electron chi connectivity index (χ0n) is 11.9. The highest BCUT2D eigenvalue weighted by molar-refractivity contribution is 5.33. The molecule has 0 radical (unpaired) electrons. The summed E-state index contributed by atoms with van der Waals surface area (Å²) in [5.74, 6) is 0.531. The maximum Gasteiger partial charge on any atom is 0.169 e. The van der Waals surface area contributed by atoms with Crippen LogP contribution in [0.25, 0.3) is 0 Å². The van der Waals surface area contributed by atoms with Crippen molar-refractivity contribution in [1.29, 1.82) is 0 Å². The van der Waals surface area contributed by atoms with Gasteiger partial charge in [0.25, 0.3) is 0 Å². The third-order valence-electron chi connectivity index (χ3n) is 3.37. The fraction of sp³-hybridized carbons (Fsp3) is 0.615. The van der Waals surface area contributed by atoms with E-state index in [0.717, 1.165) is 30.7 Å². The number of hydrogen-bond donors (Lipinski definition) is 1. The lowest BCUT2D eigenvalue weighted by Crippen LogP contribution is -2.10. The third-order valence-corrected chi connectivity index (χ3v) is 3.37. The number of anilines is 1. The predicted molar refractivity (Wildman–Crippen MR) is 74.8 cm³/mol. The Hall–Kier alpha value is -1.85. The Labute approximate surface area is 113 Å². The monoisotopic (exact) mass is 262 g/mol. The van der Waals surface area contributed by atoms with E-state index in [9.17, 15) is 0 Å². The average Bonchev–Trinajstić information content (AvgIpc) is 3.00. The van der Waals surface area contributed by atoms with E-state index in [1.54, 1.807) is 0 Å². The van der Waals surface area contributed by atoms with Gasteiger partial charge < -0.3 is 5.73 Å². The molecule has 0 aromatic carbocycles. The summed E-state index contributed by atoms with van der Waals surface area (Å²) < 4.78 is 3.84. The van der Waals surface area contributed by atoms with E-state index in [-0.39, 0.29) is 0 Å². The van der Waals surface area contributed by atoms with E-state index in [1.165, 1.54) is 0 Å². The molecule has 6 nitrogen and oxygen atoms in total. The largest absolute Gasteiger partial charge is 0.381 e. The van der Waals surface area contributed by atoms with Crippen LogP contribution in [0.1, 0.15) is 51.0 Å². The Bertz CT molecular complexity index is 527. The summed E-state index contributed by atoms with van der Waals surface area (Å²) in [6, 6.07) is 2.45. The number of hydrogen-bond acceptors (Lipinski definition) is 4. The lowest BCUT2D eigenvalue weighted by Gasteiger charge is -2.08. The van der Waals surface area contributed by atoms with Gasteiger partial charge in [-0.05, 0) is 25.8 Å². The van der Waals surface area contributed by atoms with Crippen LogP contribution < -0.4 is 5.73 Å². The second-order valence-electron chi connectivity index (χ2n) is 4.87. The maximum absolute atomic E-state index is 5.84. The van der Waals surface area contributed by atoms with Crippen LogP contribution >= 0.6 is 0 Å². The molecule has 0 saturated carbocycles. The van der Waals surface area contributed by atoms with Gasteiger partial charge in [0, 0.05) is 12.2 Å². The molecule has 0 amide bonds. The highest BCUT2D eigenvalue weighted by Crippen LogP contribution is 2.13. The topological polar surface area (TPSA) is 74.5 Å². The molecule has 2 rings (SSSR count). The van der Waals surface area contributed by atoms with Crippen molar-refractivity contribution < 1.29 is 0 Å². The fourth-order valence-electron chi connectivity index (χ4n) is 2.01. The molecule has 2 aromatic rings. The molecular weight excluding hydrogens is 240 g/mol.